The smallest absolute Gasteiger partial charge is 0.0164 e. The molecule has 1 atom stereocenters. The molecule has 13 heavy (non-hydrogen) atoms. The van der Waals surface area contributed by atoms with Crippen molar-refractivity contribution in [3.05, 3.63) is 0 Å². The molecule has 78 valence electrons. The molecule has 0 aliphatic heterocycles. The molecule has 1 unspecified atom stereocenters. The zero-order valence-corrected chi connectivity index (χ0v) is 9.27. The molecule has 0 amide bonds. The van der Waals surface area contributed by atoms with Crippen molar-refractivity contribution in [2.24, 2.45) is 5.92 Å². The molecule has 1 saturated carbocycles. The number of hydrogen-bond acceptors (Lipinski definition) is 2. The van der Waals surface area contributed by atoms with Gasteiger partial charge in [-0.1, -0.05) is 13.8 Å². The van der Waals surface area contributed by atoms with Crippen molar-refractivity contribution >= 4 is 0 Å². The maximum absolute atomic E-state index is 3.53. The molecular formula is C11H24N2. The van der Waals surface area contributed by atoms with E-state index in [1.54, 1.807) is 0 Å². The predicted octanol–water partition coefficient (Wildman–Crippen LogP) is 1.76. The monoisotopic (exact) mass is 184 g/mol. The molecule has 0 aromatic carbocycles. The van der Waals surface area contributed by atoms with E-state index in [4.69, 9.17) is 0 Å². The topological polar surface area (TPSA) is 24.1 Å². The second-order valence-corrected chi connectivity index (χ2v) is 4.72. The van der Waals surface area contributed by atoms with Gasteiger partial charge in [-0.15, -0.1) is 0 Å². The number of hydrogen-bond donors (Lipinski definition) is 2. The Balaban J connectivity index is 1.87. The average Bonchev–Trinajstić information content (AvgIpc) is 2.83. The molecule has 2 N–H and O–H groups in total. The first-order chi connectivity index (χ1) is 6.18. The lowest BCUT2D eigenvalue weighted by Gasteiger charge is -2.15. The highest BCUT2D eigenvalue weighted by Crippen LogP contribution is 2.18. The SMILES string of the molecule is CC(C)CCNC(C)CNC1CC1. The predicted molar refractivity (Wildman–Crippen MR) is 57.9 cm³/mol. The van der Waals surface area contributed by atoms with Gasteiger partial charge in [0, 0.05) is 18.6 Å². The molecule has 1 rings (SSSR count). The lowest BCUT2D eigenvalue weighted by Crippen LogP contribution is -2.37. The molecule has 0 saturated heterocycles. The highest BCUT2D eigenvalue weighted by atomic mass is 15.0. The normalized spacial score (nSPS) is 19.4. The van der Waals surface area contributed by atoms with E-state index in [2.05, 4.69) is 31.4 Å². The summed E-state index contributed by atoms with van der Waals surface area (Å²) < 4.78 is 0. The molecule has 2 nitrogen and oxygen atoms in total. The quantitative estimate of drug-likeness (QED) is 0.630. The molecule has 0 heterocycles. The summed E-state index contributed by atoms with van der Waals surface area (Å²) in [6.07, 6.45) is 4.06. The van der Waals surface area contributed by atoms with E-state index in [9.17, 15) is 0 Å². The molecule has 0 spiro atoms. The Morgan fingerprint density at radius 3 is 2.46 bits per heavy atom. The van der Waals surface area contributed by atoms with Gasteiger partial charge in [0.2, 0.25) is 0 Å². The van der Waals surface area contributed by atoms with Crippen LogP contribution in [-0.2, 0) is 0 Å². The summed E-state index contributed by atoms with van der Waals surface area (Å²) in [7, 11) is 0. The maximum atomic E-state index is 3.53. The van der Waals surface area contributed by atoms with Crippen molar-refractivity contribution in [3.63, 3.8) is 0 Å². The number of rotatable bonds is 7. The van der Waals surface area contributed by atoms with Gasteiger partial charge >= 0.3 is 0 Å². The Bertz CT molecular complexity index is 130. The summed E-state index contributed by atoms with van der Waals surface area (Å²) in [4.78, 5) is 0. The average molecular weight is 184 g/mol. The van der Waals surface area contributed by atoms with Gasteiger partial charge in [-0.3, -0.25) is 0 Å². The van der Waals surface area contributed by atoms with Crippen molar-refractivity contribution < 1.29 is 0 Å². The van der Waals surface area contributed by atoms with Crippen LogP contribution >= 0.6 is 0 Å². The Morgan fingerprint density at radius 2 is 1.92 bits per heavy atom. The van der Waals surface area contributed by atoms with Crippen molar-refractivity contribution in [1.29, 1.82) is 0 Å². The standard InChI is InChI=1S/C11H24N2/c1-9(2)6-7-12-10(3)8-13-11-4-5-11/h9-13H,4-8H2,1-3H3. The molecule has 0 aromatic rings. The Morgan fingerprint density at radius 1 is 1.23 bits per heavy atom. The van der Waals surface area contributed by atoms with E-state index in [1.807, 2.05) is 0 Å². The largest absolute Gasteiger partial charge is 0.313 e. The van der Waals surface area contributed by atoms with Gasteiger partial charge in [-0.25, -0.2) is 0 Å². The minimum absolute atomic E-state index is 0.624. The van der Waals surface area contributed by atoms with E-state index in [0.717, 1.165) is 25.0 Å². The summed E-state index contributed by atoms with van der Waals surface area (Å²) in [6.45, 7) is 9.09. The number of nitrogens with one attached hydrogen (secondary N) is 2. The fraction of sp³-hybridized carbons (Fsp3) is 1.00. The molecule has 1 aliphatic carbocycles. The van der Waals surface area contributed by atoms with Crippen LogP contribution in [0.1, 0.15) is 40.0 Å². The van der Waals surface area contributed by atoms with Gasteiger partial charge in [-0.05, 0) is 38.6 Å². The molecule has 1 aliphatic rings. The first kappa shape index (κ1) is 11.0. The Kier molecular flexibility index (Phi) is 4.74. The third-order valence-electron chi connectivity index (χ3n) is 2.50. The Hall–Kier alpha value is -0.0800. The van der Waals surface area contributed by atoms with Gasteiger partial charge in [0.1, 0.15) is 0 Å². The minimum atomic E-state index is 0.624. The molecule has 1 fully saturated rings. The first-order valence-corrected chi connectivity index (χ1v) is 5.65. The van der Waals surface area contributed by atoms with E-state index < -0.39 is 0 Å². The van der Waals surface area contributed by atoms with Gasteiger partial charge in [0.25, 0.3) is 0 Å². The van der Waals surface area contributed by atoms with Crippen LogP contribution in [0.2, 0.25) is 0 Å². The van der Waals surface area contributed by atoms with E-state index in [-0.39, 0.29) is 0 Å². The summed E-state index contributed by atoms with van der Waals surface area (Å²) in [5, 5.41) is 7.07. The third kappa shape index (κ3) is 6.05. The zero-order chi connectivity index (χ0) is 9.68. The summed E-state index contributed by atoms with van der Waals surface area (Å²) >= 11 is 0. The van der Waals surface area contributed by atoms with Crippen LogP contribution < -0.4 is 10.6 Å². The lowest BCUT2D eigenvalue weighted by atomic mass is 10.1. The summed E-state index contributed by atoms with van der Waals surface area (Å²) in [5.41, 5.74) is 0. The zero-order valence-electron chi connectivity index (χ0n) is 9.27. The first-order valence-electron chi connectivity index (χ1n) is 5.65. The fourth-order valence-corrected chi connectivity index (χ4v) is 1.32. The fourth-order valence-electron chi connectivity index (χ4n) is 1.32. The second-order valence-electron chi connectivity index (χ2n) is 4.72. The Labute approximate surface area is 82.5 Å². The van der Waals surface area contributed by atoms with Crippen LogP contribution in [0.5, 0.6) is 0 Å². The van der Waals surface area contributed by atoms with Crippen LogP contribution in [0.4, 0.5) is 0 Å². The van der Waals surface area contributed by atoms with Crippen LogP contribution in [0.25, 0.3) is 0 Å². The van der Waals surface area contributed by atoms with Gasteiger partial charge < -0.3 is 10.6 Å². The minimum Gasteiger partial charge on any atom is -0.313 e. The molecule has 0 aromatic heterocycles. The van der Waals surface area contributed by atoms with Crippen LogP contribution in [0.15, 0.2) is 0 Å². The van der Waals surface area contributed by atoms with Crippen molar-refractivity contribution in [2.75, 3.05) is 13.1 Å². The summed E-state index contributed by atoms with van der Waals surface area (Å²) in [5.74, 6) is 0.816. The van der Waals surface area contributed by atoms with Crippen LogP contribution in [0.3, 0.4) is 0 Å². The van der Waals surface area contributed by atoms with Crippen molar-refractivity contribution in [3.8, 4) is 0 Å². The van der Waals surface area contributed by atoms with E-state index >= 15 is 0 Å². The molecule has 0 bridgehead atoms. The van der Waals surface area contributed by atoms with Crippen LogP contribution in [-0.4, -0.2) is 25.2 Å². The highest BCUT2D eigenvalue weighted by Gasteiger charge is 2.20. The highest BCUT2D eigenvalue weighted by molar-refractivity contribution is 4.82. The van der Waals surface area contributed by atoms with Gasteiger partial charge in [0.05, 0.1) is 0 Å². The molecular weight excluding hydrogens is 160 g/mol. The lowest BCUT2D eigenvalue weighted by molar-refractivity contribution is 0.464. The molecule has 2 heteroatoms. The second kappa shape index (κ2) is 5.61. The molecule has 0 radical (unpaired) electrons. The third-order valence-corrected chi connectivity index (χ3v) is 2.50. The van der Waals surface area contributed by atoms with Gasteiger partial charge in [0.15, 0.2) is 0 Å². The van der Waals surface area contributed by atoms with Crippen molar-refractivity contribution in [2.45, 2.75) is 52.1 Å². The van der Waals surface area contributed by atoms with Crippen molar-refractivity contribution in [1.82, 2.24) is 10.6 Å². The van der Waals surface area contributed by atoms with Gasteiger partial charge in [-0.2, -0.15) is 0 Å². The van der Waals surface area contributed by atoms with Crippen LogP contribution in [0, 0.1) is 5.92 Å². The van der Waals surface area contributed by atoms with E-state index in [1.165, 1.54) is 19.3 Å². The summed E-state index contributed by atoms with van der Waals surface area (Å²) in [6, 6.07) is 1.47. The van der Waals surface area contributed by atoms with E-state index in [0.29, 0.717) is 6.04 Å². The maximum Gasteiger partial charge on any atom is 0.0164 e.